The van der Waals surface area contributed by atoms with Crippen LogP contribution in [0, 0.1) is 5.92 Å². The summed E-state index contributed by atoms with van der Waals surface area (Å²) >= 11 is 5.97. The summed E-state index contributed by atoms with van der Waals surface area (Å²) in [6.45, 7) is 1.92. The first kappa shape index (κ1) is 18.6. The van der Waals surface area contributed by atoms with E-state index in [2.05, 4.69) is 9.97 Å². The minimum absolute atomic E-state index is 0.187. The van der Waals surface area contributed by atoms with Crippen LogP contribution >= 0.6 is 11.6 Å². The minimum Gasteiger partial charge on any atom is -0.384 e. The summed E-state index contributed by atoms with van der Waals surface area (Å²) in [6, 6.07) is 5.36. The minimum atomic E-state index is -3.50. The zero-order valence-corrected chi connectivity index (χ0v) is 16.0. The van der Waals surface area contributed by atoms with Gasteiger partial charge in [-0.2, -0.15) is 17.0 Å². The zero-order valence-electron chi connectivity index (χ0n) is 14.4. The summed E-state index contributed by atoms with van der Waals surface area (Å²) in [5, 5.41) is 0.614. The Labute approximate surface area is 153 Å². The van der Waals surface area contributed by atoms with E-state index in [0.717, 1.165) is 23.9 Å². The number of methoxy groups -OCH3 is 1. The van der Waals surface area contributed by atoms with Gasteiger partial charge in [-0.15, -0.1) is 0 Å². The molecule has 0 bridgehead atoms. The molecule has 0 atom stereocenters. The Kier molecular flexibility index (Phi) is 5.65. The number of nitrogens with zero attached hydrogens (tertiary/aromatic N) is 3. The van der Waals surface area contributed by atoms with Crippen molar-refractivity contribution in [2.24, 2.45) is 5.92 Å². The molecule has 1 N–H and O–H groups in total. The molecular formula is C16H23ClN4O3S. The summed E-state index contributed by atoms with van der Waals surface area (Å²) in [5.41, 5.74) is 1.57. The topological polar surface area (TPSA) is 78.5 Å². The van der Waals surface area contributed by atoms with Crippen LogP contribution in [0.15, 0.2) is 18.2 Å². The molecule has 0 aliphatic carbocycles. The van der Waals surface area contributed by atoms with Crippen molar-refractivity contribution < 1.29 is 13.2 Å². The number of aromatic nitrogens is 2. The second kappa shape index (κ2) is 7.59. The SMILES string of the molecule is COCC1CCN(S(=O)(=O)N(C)Cc2nc3ccc(Cl)cc3[nH]2)CC1. The molecule has 0 radical (unpaired) electrons. The van der Waals surface area contributed by atoms with Crippen molar-refractivity contribution >= 4 is 32.8 Å². The van der Waals surface area contributed by atoms with Gasteiger partial charge in [-0.3, -0.25) is 0 Å². The molecule has 1 saturated heterocycles. The molecule has 2 heterocycles. The van der Waals surface area contributed by atoms with E-state index in [1.807, 2.05) is 6.07 Å². The fourth-order valence-electron chi connectivity index (χ4n) is 3.14. The Balaban J connectivity index is 1.67. The Morgan fingerprint density at radius 1 is 1.40 bits per heavy atom. The third-order valence-corrected chi connectivity index (χ3v) is 6.73. The molecule has 0 unspecified atom stereocenters. The number of hydrogen-bond donors (Lipinski definition) is 1. The number of imidazole rings is 1. The van der Waals surface area contributed by atoms with Gasteiger partial charge in [0, 0.05) is 38.9 Å². The highest BCUT2D eigenvalue weighted by molar-refractivity contribution is 7.86. The van der Waals surface area contributed by atoms with E-state index >= 15 is 0 Å². The number of hydrogen-bond acceptors (Lipinski definition) is 4. The predicted octanol–water partition coefficient (Wildman–Crippen LogP) is 2.25. The summed E-state index contributed by atoms with van der Waals surface area (Å²) in [6.07, 6.45) is 1.65. The lowest BCUT2D eigenvalue weighted by atomic mass is 9.99. The highest BCUT2D eigenvalue weighted by atomic mass is 35.5. The van der Waals surface area contributed by atoms with Crippen molar-refractivity contribution in [3.05, 3.63) is 29.0 Å². The van der Waals surface area contributed by atoms with Gasteiger partial charge in [-0.05, 0) is 37.0 Å². The normalized spacial score (nSPS) is 17.6. The van der Waals surface area contributed by atoms with Crippen LogP contribution in [0.5, 0.6) is 0 Å². The van der Waals surface area contributed by atoms with Crippen molar-refractivity contribution in [3.63, 3.8) is 0 Å². The molecule has 0 saturated carbocycles. The van der Waals surface area contributed by atoms with E-state index in [-0.39, 0.29) is 6.54 Å². The number of fused-ring (bicyclic) bond motifs is 1. The van der Waals surface area contributed by atoms with E-state index in [0.29, 0.717) is 36.5 Å². The Hall–Kier alpha value is -1.19. The third-order valence-electron chi connectivity index (χ3n) is 4.56. The van der Waals surface area contributed by atoms with E-state index in [4.69, 9.17) is 16.3 Å². The summed E-state index contributed by atoms with van der Waals surface area (Å²) in [4.78, 5) is 7.56. The van der Waals surface area contributed by atoms with Crippen molar-refractivity contribution in [3.8, 4) is 0 Å². The fourth-order valence-corrected chi connectivity index (χ4v) is 4.67. The van der Waals surface area contributed by atoms with E-state index in [1.165, 1.54) is 4.31 Å². The van der Waals surface area contributed by atoms with Crippen LogP contribution in [-0.4, -0.2) is 60.9 Å². The first-order valence-corrected chi connectivity index (χ1v) is 10.0. The zero-order chi connectivity index (χ0) is 18.0. The van der Waals surface area contributed by atoms with E-state index in [9.17, 15) is 8.42 Å². The molecule has 25 heavy (non-hydrogen) atoms. The first-order chi connectivity index (χ1) is 11.9. The van der Waals surface area contributed by atoms with Crippen molar-refractivity contribution in [2.75, 3.05) is 33.9 Å². The Morgan fingerprint density at radius 3 is 2.80 bits per heavy atom. The van der Waals surface area contributed by atoms with Gasteiger partial charge in [-0.1, -0.05) is 11.6 Å². The molecule has 1 fully saturated rings. The molecule has 1 aliphatic heterocycles. The van der Waals surface area contributed by atoms with Gasteiger partial charge in [-0.25, -0.2) is 4.98 Å². The second-order valence-corrected chi connectivity index (χ2v) is 8.88. The van der Waals surface area contributed by atoms with Gasteiger partial charge >= 0.3 is 0 Å². The highest BCUT2D eigenvalue weighted by Gasteiger charge is 2.31. The molecule has 2 aromatic rings. The molecular weight excluding hydrogens is 364 g/mol. The van der Waals surface area contributed by atoms with Crippen LogP contribution in [0.2, 0.25) is 5.02 Å². The van der Waals surface area contributed by atoms with Gasteiger partial charge in [0.25, 0.3) is 10.2 Å². The molecule has 0 spiro atoms. The van der Waals surface area contributed by atoms with Gasteiger partial charge in [0.1, 0.15) is 5.82 Å². The van der Waals surface area contributed by atoms with Crippen molar-refractivity contribution in [1.82, 2.24) is 18.6 Å². The number of piperidine rings is 1. The predicted molar refractivity (Wildman–Crippen MR) is 97.7 cm³/mol. The Morgan fingerprint density at radius 2 is 2.12 bits per heavy atom. The van der Waals surface area contributed by atoms with Crippen LogP contribution < -0.4 is 0 Å². The third kappa shape index (κ3) is 4.15. The van der Waals surface area contributed by atoms with E-state index < -0.39 is 10.2 Å². The quantitative estimate of drug-likeness (QED) is 0.825. The number of halogens is 1. The summed E-state index contributed by atoms with van der Waals surface area (Å²) in [7, 11) is -0.246. The number of ether oxygens (including phenoxy) is 1. The molecule has 0 amide bonds. The molecule has 1 aromatic carbocycles. The van der Waals surface area contributed by atoms with Crippen LogP contribution in [-0.2, 0) is 21.5 Å². The maximum Gasteiger partial charge on any atom is 0.282 e. The number of rotatable bonds is 6. The van der Waals surface area contributed by atoms with E-state index in [1.54, 1.807) is 30.6 Å². The maximum atomic E-state index is 12.8. The standard InChI is InChI=1S/C16H23ClN4O3S/c1-20(10-16-18-14-4-3-13(17)9-15(14)19-16)25(22,23)21-7-5-12(6-8-21)11-24-2/h3-4,9,12H,5-8,10-11H2,1-2H3,(H,18,19). The summed E-state index contributed by atoms with van der Waals surface area (Å²) in [5.74, 6) is 1.03. The summed E-state index contributed by atoms with van der Waals surface area (Å²) < 4.78 is 33.6. The van der Waals surface area contributed by atoms with Crippen LogP contribution in [0.4, 0.5) is 0 Å². The van der Waals surface area contributed by atoms with Gasteiger partial charge < -0.3 is 9.72 Å². The fraction of sp³-hybridized carbons (Fsp3) is 0.562. The monoisotopic (exact) mass is 386 g/mol. The maximum absolute atomic E-state index is 12.8. The lowest BCUT2D eigenvalue weighted by molar-refractivity contribution is 0.120. The average Bonchev–Trinajstić information content (AvgIpc) is 2.97. The lowest BCUT2D eigenvalue weighted by Crippen LogP contribution is -2.46. The van der Waals surface area contributed by atoms with Gasteiger partial charge in [0.2, 0.25) is 0 Å². The van der Waals surface area contributed by atoms with Crippen molar-refractivity contribution in [1.29, 1.82) is 0 Å². The number of aromatic amines is 1. The lowest BCUT2D eigenvalue weighted by Gasteiger charge is -2.33. The van der Waals surface area contributed by atoms with Crippen LogP contribution in [0.1, 0.15) is 18.7 Å². The van der Waals surface area contributed by atoms with Gasteiger partial charge in [0.05, 0.1) is 17.6 Å². The molecule has 138 valence electrons. The van der Waals surface area contributed by atoms with Crippen LogP contribution in [0.25, 0.3) is 11.0 Å². The van der Waals surface area contributed by atoms with Crippen molar-refractivity contribution in [2.45, 2.75) is 19.4 Å². The number of H-pyrrole nitrogens is 1. The average molecular weight is 387 g/mol. The largest absolute Gasteiger partial charge is 0.384 e. The molecule has 1 aliphatic rings. The second-order valence-electron chi connectivity index (χ2n) is 6.41. The number of benzene rings is 1. The number of nitrogens with one attached hydrogen (secondary N) is 1. The van der Waals surface area contributed by atoms with Gasteiger partial charge in [0.15, 0.2) is 0 Å². The van der Waals surface area contributed by atoms with Crippen LogP contribution in [0.3, 0.4) is 0 Å². The molecule has 9 heteroatoms. The molecule has 7 nitrogen and oxygen atoms in total. The highest BCUT2D eigenvalue weighted by Crippen LogP contribution is 2.22. The Bertz CT molecular complexity index is 831. The first-order valence-electron chi connectivity index (χ1n) is 8.24. The smallest absolute Gasteiger partial charge is 0.282 e. The molecule has 3 rings (SSSR count). The molecule has 1 aromatic heterocycles.